The number of hydrogen-bond donors (Lipinski definition) is 1. The molecule has 34 heavy (non-hydrogen) atoms. The van der Waals surface area contributed by atoms with Crippen LogP contribution in [0.1, 0.15) is 31.0 Å². The van der Waals surface area contributed by atoms with Gasteiger partial charge < -0.3 is 24.2 Å². The number of likely N-dealkylation sites (N-methyl/N-ethyl adjacent to an activating group) is 1. The SMILES string of the molecule is CC(C)Oc1ccc(/C(O)=C2\C(=O)C(=O)N(CCN(C)C)C2c2cn(C)c3ccccc23)cc1. The summed E-state index contributed by atoms with van der Waals surface area (Å²) in [5, 5.41) is 12.3. The van der Waals surface area contributed by atoms with Gasteiger partial charge in [-0.15, -0.1) is 0 Å². The van der Waals surface area contributed by atoms with Crippen LogP contribution in [-0.2, 0) is 16.6 Å². The summed E-state index contributed by atoms with van der Waals surface area (Å²) < 4.78 is 7.67. The summed E-state index contributed by atoms with van der Waals surface area (Å²) in [6.45, 7) is 4.83. The molecular formula is C27H31N3O4. The van der Waals surface area contributed by atoms with E-state index >= 15 is 0 Å². The number of likely N-dealkylation sites (tertiary alicyclic amines) is 1. The third kappa shape index (κ3) is 4.31. The van der Waals surface area contributed by atoms with Crippen molar-refractivity contribution in [1.29, 1.82) is 0 Å². The van der Waals surface area contributed by atoms with E-state index < -0.39 is 17.7 Å². The average molecular weight is 462 g/mol. The molecular weight excluding hydrogens is 430 g/mol. The molecule has 0 aliphatic carbocycles. The molecule has 1 unspecified atom stereocenters. The van der Waals surface area contributed by atoms with Crippen LogP contribution in [0.4, 0.5) is 0 Å². The molecule has 1 atom stereocenters. The fraction of sp³-hybridized carbons (Fsp3) is 0.333. The number of aliphatic hydroxyl groups is 1. The predicted molar refractivity (Wildman–Crippen MR) is 133 cm³/mol. The van der Waals surface area contributed by atoms with E-state index in [9.17, 15) is 14.7 Å². The van der Waals surface area contributed by atoms with Gasteiger partial charge in [0, 0.05) is 48.4 Å². The van der Waals surface area contributed by atoms with Gasteiger partial charge >= 0.3 is 0 Å². The highest BCUT2D eigenvalue weighted by atomic mass is 16.5. The van der Waals surface area contributed by atoms with Crippen LogP contribution < -0.4 is 4.74 Å². The van der Waals surface area contributed by atoms with Gasteiger partial charge in [-0.2, -0.15) is 0 Å². The Kier molecular flexibility index (Phi) is 6.48. The number of aryl methyl sites for hydroxylation is 1. The van der Waals surface area contributed by atoms with Gasteiger partial charge in [0.2, 0.25) is 0 Å². The highest BCUT2D eigenvalue weighted by Gasteiger charge is 2.46. The first-order chi connectivity index (χ1) is 16.2. The molecule has 4 rings (SSSR count). The van der Waals surface area contributed by atoms with E-state index in [1.165, 1.54) is 0 Å². The van der Waals surface area contributed by atoms with Gasteiger partial charge in [-0.1, -0.05) is 18.2 Å². The maximum Gasteiger partial charge on any atom is 0.295 e. The van der Waals surface area contributed by atoms with Gasteiger partial charge in [0.05, 0.1) is 17.7 Å². The number of hydrogen-bond acceptors (Lipinski definition) is 5. The molecule has 1 saturated heterocycles. The predicted octanol–water partition coefficient (Wildman–Crippen LogP) is 3.95. The van der Waals surface area contributed by atoms with Crippen LogP contribution in [0.25, 0.3) is 16.7 Å². The molecule has 7 nitrogen and oxygen atoms in total. The van der Waals surface area contributed by atoms with Crippen molar-refractivity contribution in [3.8, 4) is 5.75 Å². The quantitative estimate of drug-likeness (QED) is 0.328. The standard InChI is InChI=1S/C27H31N3O4/c1-17(2)34-19-12-10-18(11-13-19)25(31)23-24(30(15-14-28(3)4)27(33)26(23)32)21-16-29(5)22-9-7-6-8-20(21)22/h6-13,16-17,24,31H,14-15H2,1-5H3/b25-23+. The van der Waals surface area contributed by atoms with Gasteiger partial charge in [0.25, 0.3) is 11.7 Å². The number of aliphatic hydroxyl groups excluding tert-OH is 1. The summed E-state index contributed by atoms with van der Waals surface area (Å²) in [6, 6.07) is 14.1. The molecule has 2 aromatic carbocycles. The summed E-state index contributed by atoms with van der Waals surface area (Å²) in [7, 11) is 5.78. The van der Waals surface area contributed by atoms with Crippen LogP contribution in [0, 0.1) is 0 Å². The van der Waals surface area contributed by atoms with E-state index in [0.29, 0.717) is 24.4 Å². The molecule has 1 fully saturated rings. The summed E-state index contributed by atoms with van der Waals surface area (Å²) in [4.78, 5) is 30.0. The minimum Gasteiger partial charge on any atom is -0.507 e. The zero-order valence-corrected chi connectivity index (χ0v) is 20.3. The number of carbonyl (C=O) groups excluding carboxylic acids is 2. The molecule has 1 aliphatic rings. The number of ether oxygens (including phenoxy) is 1. The van der Waals surface area contributed by atoms with E-state index in [0.717, 1.165) is 16.5 Å². The number of para-hydroxylation sites is 1. The zero-order valence-electron chi connectivity index (χ0n) is 20.3. The van der Waals surface area contributed by atoms with Crippen molar-refractivity contribution in [2.24, 2.45) is 7.05 Å². The van der Waals surface area contributed by atoms with E-state index in [-0.39, 0.29) is 17.4 Å². The fourth-order valence-corrected chi connectivity index (χ4v) is 4.45. The lowest BCUT2D eigenvalue weighted by Gasteiger charge is -2.26. The van der Waals surface area contributed by atoms with Crippen LogP contribution in [0.3, 0.4) is 0 Å². The first-order valence-electron chi connectivity index (χ1n) is 11.4. The number of benzene rings is 2. The first-order valence-corrected chi connectivity index (χ1v) is 11.4. The lowest BCUT2D eigenvalue weighted by Crippen LogP contribution is -2.35. The van der Waals surface area contributed by atoms with Crippen molar-refractivity contribution in [3.63, 3.8) is 0 Å². The molecule has 0 radical (unpaired) electrons. The number of Topliss-reactive ketones (excluding diaryl/α,β-unsaturated/α-hetero) is 1. The Morgan fingerprint density at radius 2 is 1.76 bits per heavy atom. The van der Waals surface area contributed by atoms with E-state index in [4.69, 9.17) is 4.74 Å². The van der Waals surface area contributed by atoms with Crippen LogP contribution in [0.15, 0.2) is 60.3 Å². The second-order valence-electron chi connectivity index (χ2n) is 9.20. The lowest BCUT2D eigenvalue weighted by molar-refractivity contribution is -0.140. The normalized spacial score (nSPS) is 18.0. The van der Waals surface area contributed by atoms with Crippen molar-refractivity contribution >= 4 is 28.4 Å². The van der Waals surface area contributed by atoms with Crippen LogP contribution >= 0.6 is 0 Å². The number of amides is 1. The minimum atomic E-state index is -0.683. The Morgan fingerprint density at radius 3 is 2.41 bits per heavy atom. The van der Waals surface area contributed by atoms with Crippen molar-refractivity contribution in [1.82, 2.24) is 14.4 Å². The molecule has 2 heterocycles. The van der Waals surface area contributed by atoms with Gasteiger partial charge in [-0.3, -0.25) is 9.59 Å². The van der Waals surface area contributed by atoms with Crippen molar-refractivity contribution < 1.29 is 19.4 Å². The highest BCUT2D eigenvalue weighted by molar-refractivity contribution is 6.46. The average Bonchev–Trinajstić information content (AvgIpc) is 3.26. The fourth-order valence-electron chi connectivity index (χ4n) is 4.45. The molecule has 1 aromatic heterocycles. The Labute approximate surface area is 199 Å². The second-order valence-corrected chi connectivity index (χ2v) is 9.20. The van der Waals surface area contributed by atoms with Crippen molar-refractivity contribution in [3.05, 3.63) is 71.4 Å². The number of rotatable bonds is 7. The maximum absolute atomic E-state index is 13.3. The number of ketones is 1. The number of carbonyl (C=O) groups is 2. The monoisotopic (exact) mass is 461 g/mol. The van der Waals surface area contributed by atoms with Gasteiger partial charge in [-0.05, 0) is 58.3 Å². The second kappa shape index (κ2) is 9.35. The number of aromatic nitrogens is 1. The Hall–Kier alpha value is -3.58. The number of nitrogens with zero attached hydrogens (tertiary/aromatic N) is 3. The Balaban J connectivity index is 1.86. The van der Waals surface area contributed by atoms with E-state index in [2.05, 4.69) is 0 Å². The highest BCUT2D eigenvalue weighted by Crippen LogP contribution is 2.42. The Bertz CT molecular complexity index is 1250. The van der Waals surface area contributed by atoms with Crippen molar-refractivity contribution in [2.75, 3.05) is 27.2 Å². The molecule has 1 amide bonds. The summed E-state index contributed by atoms with van der Waals surface area (Å²) >= 11 is 0. The third-order valence-electron chi connectivity index (χ3n) is 6.05. The van der Waals surface area contributed by atoms with E-state index in [1.54, 1.807) is 29.2 Å². The lowest BCUT2D eigenvalue weighted by atomic mass is 9.95. The van der Waals surface area contributed by atoms with E-state index in [1.807, 2.05) is 74.9 Å². The molecule has 1 N–H and O–H groups in total. The third-order valence-corrected chi connectivity index (χ3v) is 6.05. The molecule has 7 heteroatoms. The summed E-state index contributed by atoms with van der Waals surface area (Å²) in [5.74, 6) is -0.777. The summed E-state index contributed by atoms with van der Waals surface area (Å²) in [6.07, 6.45) is 1.96. The molecule has 0 saturated carbocycles. The smallest absolute Gasteiger partial charge is 0.295 e. The minimum absolute atomic E-state index is 0.0211. The van der Waals surface area contributed by atoms with Crippen LogP contribution in [0.5, 0.6) is 5.75 Å². The Morgan fingerprint density at radius 1 is 1.09 bits per heavy atom. The molecule has 1 aliphatic heterocycles. The molecule has 178 valence electrons. The largest absolute Gasteiger partial charge is 0.507 e. The van der Waals surface area contributed by atoms with Crippen LogP contribution in [0.2, 0.25) is 0 Å². The number of fused-ring (bicyclic) bond motifs is 1. The molecule has 0 bridgehead atoms. The van der Waals surface area contributed by atoms with Crippen LogP contribution in [-0.4, -0.2) is 64.5 Å². The maximum atomic E-state index is 13.3. The molecule has 0 spiro atoms. The molecule has 3 aromatic rings. The summed E-state index contributed by atoms with van der Waals surface area (Å²) in [5.41, 5.74) is 2.38. The first kappa shape index (κ1) is 23.6. The topological polar surface area (TPSA) is 75.0 Å². The van der Waals surface area contributed by atoms with Gasteiger partial charge in [0.1, 0.15) is 11.5 Å². The van der Waals surface area contributed by atoms with Gasteiger partial charge in [-0.25, -0.2) is 0 Å². The van der Waals surface area contributed by atoms with Gasteiger partial charge in [0.15, 0.2) is 0 Å². The zero-order chi connectivity index (χ0) is 24.6. The van der Waals surface area contributed by atoms with Crippen molar-refractivity contribution in [2.45, 2.75) is 26.0 Å².